The van der Waals surface area contributed by atoms with Crippen LogP contribution in [-0.2, 0) is 37.1 Å². The molecule has 2 unspecified atom stereocenters. The second kappa shape index (κ2) is 19.7. The molecule has 0 aliphatic carbocycles. The van der Waals surface area contributed by atoms with E-state index in [4.69, 9.17) is 9.47 Å². The number of carbonyl (C=O) groups is 3. The van der Waals surface area contributed by atoms with E-state index in [1.165, 1.54) is 0 Å². The Morgan fingerprint density at radius 1 is 0.738 bits per heavy atom. The molecule has 11 heteroatoms. The van der Waals surface area contributed by atoms with Crippen molar-refractivity contribution in [1.82, 2.24) is 25.3 Å². The van der Waals surface area contributed by atoms with Crippen molar-refractivity contribution in [3.63, 3.8) is 0 Å². The number of amides is 2. The standard InChI is InChI=1S/C31H47N5O6/c1-5-17-36(19-28(38)33-4)30(42-24-26-15-11-8-12-16-26)21-34(22-31(39)40)20-29(35(6-2)18-27(37)32-3)41-23-25-13-9-7-10-14-25/h7-16,29-30H,5-6,17-24H2,1-4H3,(H,32,37)(H,33,38)(H,39,40). The van der Waals surface area contributed by atoms with Crippen LogP contribution in [0.4, 0.5) is 0 Å². The first kappa shape index (κ1) is 34.8. The molecule has 11 nitrogen and oxygen atoms in total. The highest BCUT2D eigenvalue weighted by molar-refractivity contribution is 5.78. The molecular formula is C31H47N5O6. The number of hydrogen-bond acceptors (Lipinski definition) is 8. The molecule has 0 aliphatic rings. The number of aliphatic carboxylic acids is 1. The summed E-state index contributed by atoms with van der Waals surface area (Å²) in [6.07, 6.45) is -0.384. The van der Waals surface area contributed by atoms with Crippen LogP contribution in [0.1, 0.15) is 31.4 Å². The molecule has 232 valence electrons. The molecule has 2 aromatic rings. The van der Waals surface area contributed by atoms with E-state index < -0.39 is 18.4 Å². The van der Waals surface area contributed by atoms with Crippen molar-refractivity contribution in [2.45, 2.75) is 45.9 Å². The zero-order valence-corrected chi connectivity index (χ0v) is 25.3. The molecular weight excluding hydrogens is 538 g/mol. The number of nitrogens with zero attached hydrogens (tertiary/aromatic N) is 3. The first-order valence-electron chi connectivity index (χ1n) is 14.4. The van der Waals surface area contributed by atoms with Gasteiger partial charge in [0, 0.05) is 33.7 Å². The van der Waals surface area contributed by atoms with Gasteiger partial charge in [-0.2, -0.15) is 0 Å². The van der Waals surface area contributed by atoms with Crippen LogP contribution in [0.25, 0.3) is 0 Å². The molecule has 42 heavy (non-hydrogen) atoms. The largest absolute Gasteiger partial charge is 0.480 e. The zero-order chi connectivity index (χ0) is 30.7. The van der Waals surface area contributed by atoms with E-state index in [1.807, 2.05) is 84.3 Å². The molecule has 2 aromatic carbocycles. The lowest BCUT2D eigenvalue weighted by atomic mass is 10.2. The number of carbonyl (C=O) groups excluding carboxylic acids is 2. The first-order valence-corrected chi connectivity index (χ1v) is 14.4. The Hall–Kier alpha value is -3.35. The van der Waals surface area contributed by atoms with E-state index in [9.17, 15) is 19.5 Å². The van der Waals surface area contributed by atoms with Gasteiger partial charge < -0.3 is 25.2 Å². The normalized spacial score (nSPS) is 12.8. The SMILES string of the molecule is CCCN(CC(=O)NC)C(CN(CC(=O)O)CC(OCc1ccccc1)N(CC)CC(=O)NC)OCc1ccccc1. The zero-order valence-electron chi connectivity index (χ0n) is 25.3. The highest BCUT2D eigenvalue weighted by Gasteiger charge is 2.29. The van der Waals surface area contributed by atoms with Gasteiger partial charge in [0.05, 0.1) is 32.8 Å². The fourth-order valence-corrected chi connectivity index (χ4v) is 4.47. The molecule has 0 heterocycles. The number of likely N-dealkylation sites (N-methyl/N-ethyl adjacent to an activating group) is 3. The Balaban J connectivity index is 2.35. The summed E-state index contributed by atoms with van der Waals surface area (Å²) in [5, 5.41) is 15.2. The van der Waals surface area contributed by atoms with Crippen LogP contribution in [0.3, 0.4) is 0 Å². The van der Waals surface area contributed by atoms with Gasteiger partial charge in [-0.15, -0.1) is 0 Å². The lowest BCUT2D eigenvalue weighted by Crippen LogP contribution is -2.54. The summed E-state index contributed by atoms with van der Waals surface area (Å²) in [5.74, 6) is -1.33. The summed E-state index contributed by atoms with van der Waals surface area (Å²) in [5.41, 5.74) is 1.93. The van der Waals surface area contributed by atoms with E-state index in [2.05, 4.69) is 10.6 Å². The van der Waals surface area contributed by atoms with Crippen LogP contribution in [0.5, 0.6) is 0 Å². The molecule has 0 aliphatic heterocycles. The third kappa shape index (κ3) is 13.1. The van der Waals surface area contributed by atoms with Crippen molar-refractivity contribution in [1.29, 1.82) is 0 Å². The van der Waals surface area contributed by atoms with Crippen LogP contribution in [0, 0.1) is 0 Å². The fourth-order valence-electron chi connectivity index (χ4n) is 4.47. The van der Waals surface area contributed by atoms with Crippen LogP contribution in [0.2, 0.25) is 0 Å². The Labute approximate surface area is 249 Å². The summed E-state index contributed by atoms with van der Waals surface area (Å²) in [7, 11) is 3.17. The van der Waals surface area contributed by atoms with Crippen molar-refractivity contribution >= 4 is 17.8 Å². The van der Waals surface area contributed by atoms with Gasteiger partial charge in [0.1, 0.15) is 12.5 Å². The van der Waals surface area contributed by atoms with Gasteiger partial charge in [0.15, 0.2) is 0 Å². The third-order valence-electron chi connectivity index (χ3n) is 6.74. The summed E-state index contributed by atoms with van der Waals surface area (Å²) in [4.78, 5) is 42.3. The molecule has 2 rings (SSSR count). The van der Waals surface area contributed by atoms with Crippen molar-refractivity contribution in [2.75, 3.05) is 59.9 Å². The quantitative estimate of drug-likeness (QED) is 0.189. The van der Waals surface area contributed by atoms with E-state index >= 15 is 0 Å². The van der Waals surface area contributed by atoms with E-state index in [0.717, 1.165) is 17.5 Å². The van der Waals surface area contributed by atoms with Crippen molar-refractivity contribution in [3.8, 4) is 0 Å². The predicted octanol–water partition coefficient (Wildman–Crippen LogP) is 1.98. The molecule has 0 aromatic heterocycles. The number of nitrogens with one attached hydrogen (secondary N) is 2. The molecule has 0 radical (unpaired) electrons. The van der Waals surface area contributed by atoms with Gasteiger partial charge >= 0.3 is 5.97 Å². The highest BCUT2D eigenvalue weighted by atomic mass is 16.5. The van der Waals surface area contributed by atoms with E-state index in [-0.39, 0.29) is 44.5 Å². The number of benzene rings is 2. The molecule has 0 saturated heterocycles. The monoisotopic (exact) mass is 585 g/mol. The Morgan fingerprint density at radius 2 is 1.19 bits per heavy atom. The topological polar surface area (TPSA) is 124 Å². The van der Waals surface area contributed by atoms with Crippen LogP contribution in [-0.4, -0.2) is 110 Å². The van der Waals surface area contributed by atoms with Crippen LogP contribution in [0.15, 0.2) is 60.7 Å². The van der Waals surface area contributed by atoms with Gasteiger partial charge in [-0.1, -0.05) is 74.5 Å². The average molecular weight is 586 g/mol. The predicted molar refractivity (Wildman–Crippen MR) is 161 cm³/mol. The molecule has 0 fully saturated rings. The van der Waals surface area contributed by atoms with Gasteiger partial charge in [-0.3, -0.25) is 29.1 Å². The minimum Gasteiger partial charge on any atom is -0.480 e. The summed E-state index contributed by atoms with van der Waals surface area (Å²) in [6.45, 7) is 5.99. The average Bonchev–Trinajstić information content (AvgIpc) is 3.00. The van der Waals surface area contributed by atoms with E-state index in [1.54, 1.807) is 19.0 Å². The minimum absolute atomic E-state index is 0.0972. The second-order valence-corrected chi connectivity index (χ2v) is 9.97. The van der Waals surface area contributed by atoms with Gasteiger partial charge in [0.25, 0.3) is 0 Å². The number of carboxylic acid groups (broad SMARTS) is 1. The van der Waals surface area contributed by atoms with Crippen LogP contribution >= 0.6 is 0 Å². The maximum atomic E-state index is 12.4. The lowest BCUT2D eigenvalue weighted by Gasteiger charge is -2.37. The Kier molecular flexibility index (Phi) is 16.4. The van der Waals surface area contributed by atoms with Gasteiger partial charge in [-0.25, -0.2) is 0 Å². The number of carboxylic acids is 1. The molecule has 0 bridgehead atoms. The van der Waals surface area contributed by atoms with E-state index in [0.29, 0.717) is 26.3 Å². The number of hydrogen-bond donors (Lipinski definition) is 3. The second-order valence-electron chi connectivity index (χ2n) is 9.97. The third-order valence-corrected chi connectivity index (χ3v) is 6.74. The Morgan fingerprint density at radius 3 is 1.60 bits per heavy atom. The smallest absolute Gasteiger partial charge is 0.317 e. The van der Waals surface area contributed by atoms with Gasteiger partial charge in [-0.05, 0) is 24.1 Å². The summed E-state index contributed by atoms with van der Waals surface area (Å²) >= 11 is 0. The lowest BCUT2D eigenvalue weighted by molar-refractivity contribution is -0.146. The molecule has 0 spiro atoms. The number of ether oxygens (including phenoxy) is 2. The van der Waals surface area contributed by atoms with Crippen molar-refractivity contribution in [3.05, 3.63) is 71.8 Å². The van der Waals surface area contributed by atoms with Gasteiger partial charge in [0.2, 0.25) is 11.8 Å². The van der Waals surface area contributed by atoms with Crippen LogP contribution < -0.4 is 10.6 Å². The maximum Gasteiger partial charge on any atom is 0.317 e. The molecule has 3 N–H and O–H groups in total. The molecule has 2 atom stereocenters. The summed E-state index contributed by atoms with van der Waals surface area (Å²) in [6, 6.07) is 19.4. The van der Waals surface area contributed by atoms with Crippen molar-refractivity contribution in [2.24, 2.45) is 0 Å². The molecule has 2 amide bonds. The fraction of sp³-hybridized carbons (Fsp3) is 0.516. The number of rotatable bonds is 21. The van der Waals surface area contributed by atoms with Crippen molar-refractivity contribution < 1.29 is 29.0 Å². The molecule has 0 saturated carbocycles. The Bertz CT molecular complexity index is 1060. The minimum atomic E-state index is -0.999. The highest BCUT2D eigenvalue weighted by Crippen LogP contribution is 2.14. The first-order chi connectivity index (χ1) is 20.3. The summed E-state index contributed by atoms with van der Waals surface area (Å²) < 4.78 is 12.7. The maximum absolute atomic E-state index is 12.4.